The van der Waals surface area contributed by atoms with Crippen molar-refractivity contribution in [3.05, 3.63) is 48.8 Å². The van der Waals surface area contributed by atoms with Crippen molar-refractivity contribution in [2.75, 3.05) is 47.5 Å². The van der Waals surface area contributed by atoms with E-state index in [0.717, 1.165) is 70.6 Å². The van der Waals surface area contributed by atoms with Gasteiger partial charge in [0.25, 0.3) is 7.82 Å². The number of ether oxygens (including phenoxy) is 2. The van der Waals surface area contributed by atoms with Crippen molar-refractivity contribution in [2.24, 2.45) is 0 Å². The number of likely N-dealkylation sites (N-methyl/N-ethyl adjacent to an activating group) is 1. The fraction of sp³-hybridized carbons (Fsp3) is 0.795. The first-order valence-corrected chi connectivity index (χ1v) is 22.9. The smallest absolute Gasteiger partial charge is 0.306 e. The molecule has 0 saturated carbocycles. The van der Waals surface area contributed by atoms with Gasteiger partial charge in [-0.25, -0.2) is 0 Å². The van der Waals surface area contributed by atoms with Crippen LogP contribution in [0.3, 0.4) is 0 Å². The van der Waals surface area contributed by atoms with Gasteiger partial charge in [0.2, 0.25) is 0 Å². The highest BCUT2D eigenvalue weighted by Gasteiger charge is 2.20. The van der Waals surface area contributed by atoms with Crippen molar-refractivity contribution >= 4 is 13.8 Å². The summed E-state index contributed by atoms with van der Waals surface area (Å²) in [5, 5.41) is 0. The molecule has 2 unspecified atom stereocenters. The summed E-state index contributed by atoms with van der Waals surface area (Å²) in [6, 6.07) is 0. The van der Waals surface area contributed by atoms with E-state index in [2.05, 4.69) is 50.3 Å². The van der Waals surface area contributed by atoms with E-state index in [-0.39, 0.29) is 32.2 Å². The number of quaternary nitrogens is 1. The average molecular weight is 768 g/mol. The van der Waals surface area contributed by atoms with Gasteiger partial charge in [0, 0.05) is 6.42 Å². The van der Waals surface area contributed by atoms with E-state index in [1.165, 1.54) is 83.5 Å². The Kier molecular flexibility index (Phi) is 36.0. The van der Waals surface area contributed by atoms with Crippen molar-refractivity contribution in [2.45, 2.75) is 180 Å². The maximum Gasteiger partial charge on any atom is 0.306 e. The highest BCUT2D eigenvalue weighted by Crippen LogP contribution is 2.38. The number of rotatable bonds is 39. The van der Waals surface area contributed by atoms with Gasteiger partial charge >= 0.3 is 5.97 Å². The lowest BCUT2D eigenvalue weighted by Crippen LogP contribution is -2.37. The van der Waals surface area contributed by atoms with Crippen LogP contribution in [-0.4, -0.2) is 64.1 Å². The van der Waals surface area contributed by atoms with E-state index in [0.29, 0.717) is 11.0 Å². The molecule has 0 saturated heterocycles. The summed E-state index contributed by atoms with van der Waals surface area (Å²) >= 11 is 0. The van der Waals surface area contributed by atoms with Crippen LogP contribution in [0, 0.1) is 0 Å². The number of hydrogen-bond donors (Lipinski definition) is 0. The molecule has 0 bridgehead atoms. The number of phosphoric acid groups is 1. The van der Waals surface area contributed by atoms with Gasteiger partial charge < -0.3 is 27.9 Å². The van der Waals surface area contributed by atoms with E-state index < -0.39 is 13.9 Å². The number of hydrogen-bond acceptors (Lipinski definition) is 7. The summed E-state index contributed by atoms with van der Waals surface area (Å²) in [6.07, 6.45) is 45.0. The van der Waals surface area contributed by atoms with E-state index in [1.54, 1.807) is 6.26 Å². The number of unbranched alkanes of at least 4 members (excludes halogenated alkanes) is 19. The van der Waals surface area contributed by atoms with Crippen LogP contribution in [0.4, 0.5) is 0 Å². The maximum atomic E-state index is 12.6. The van der Waals surface area contributed by atoms with Crippen molar-refractivity contribution in [3.8, 4) is 0 Å². The Morgan fingerprint density at radius 3 is 1.66 bits per heavy atom. The standard InChI is InChI=1S/C44H82NO7P/c1-6-8-10-12-14-16-18-20-22-24-26-28-30-32-34-36-39-49-41-43(42-51-53(47,48)50-40-38-45(3,4)5)52-44(46)37-35-33-31-29-27-25-23-21-19-17-15-13-11-9-7-2/h9,11,15,17,21,23,36,39,43H,6-8,10,12-14,16,18-20,22,24-35,37-38,40-42H2,1-5H3/b11-9-,17-15-,23-21-,39-36-. The van der Waals surface area contributed by atoms with Gasteiger partial charge in [-0.1, -0.05) is 153 Å². The quantitative estimate of drug-likeness (QED) is 0.0153. The first kappa shape index (κ1) is 51.3. The Labute approximate surface area is 327 Å². The highest BCUT2D eigenvalue weighted by molar-refractivity contribution is 7.45. The number of carbonyl (C=O) groups excluding carboxylic acids is 1. The van der Waals surface area contributed by atoms with Crippen LogP contribution < -0.4 is 4.89 Å². The summed E-state index contributed by atoms with van der Waals surface area (Å²) in [7, 11) is 1.31. The van der Waals surface area contributed by atoms with Gasteiger partial charge in [-0.3, -0.25) is 9.36 Å². The van der Waals surface area contributed by atoms with Crippen molar-refractivity contribution in [3.63, 3.8) is 0 Å². The molecule has 0 heterocycles. The first-order valence-electron chi connectivity index (χ1n) is 21.4. The molecule has 0 rings (SSSR count). The lowest BCUT2D eigenvalue weighted by molar-refractivity contribution is -0.870. The molecule has 0 aliphatic heterocycles. The summed E-state index contributed by atoms with van der Waals surface area (Å²) in [6.45, 7) is 4.60. The Morgan fingerprint density at radius 2 is 1.11 bits per heavy atom. The van der Waals surface area contributed by atoms with E-state index in [1.807, 2.05) is 27.2 Å². The average Bonchev–Trinajstić information content (AvgIpc) is 3.11. The lowest BCUT2D eigenvalue weighted by atomic mass is 10.0. The maximum absolute atomic E-state index is 12.6. The molecular weight excluding hydrogens is 685 g/mol. The molecule has 0 aromatic rings. The zero-order chi connectivity index (χ0) is 39.1. The second-order valence-corrected chi connectivity index (χ2v) is 16.8. The van der Waals surface area contributed by atoms with Crippen LogP contribution in [0.2, 0.25) is 0 Å². The monoisotopic (exact) mass is 768 g/mol. The van der Waals surface area contributed by atoms with Crippen LogP contribution in [0.25, 0.3) is 0 Å². The van der Waals surface area contributed by atoms with Crippen molar-refractivity contribution in [1.82, 2.24) is 0 Å². The molecule has 0 N–H and O–H groups in total. The fourth-order valence-electron chi connectivity index (χ4n) is 5.64. The number of nitrogens with zero attached hydrogens (tertiary/aromatic N) is 1. The third kappa shape index (κ3) is 41.3. The van der Waals surface area contributed by atoms with Crippen molar-refractivity contribution < 1.29 is 37.3 Å². The molecule has 0 aromatic carbocycles. The molecular formula is C44H82NO7P. The summed E-state index contributed by atoms with van der Waals surface area (Å²) in [4.78, 5) is 25.0. The van der Waals surface area contributed by atoms with E-state index in [4.69, 9.17) is 18.5 Å². The Hall–Kier alpha value is -1.70. The van der Waals surface area contributed by atoms with E-state index in [9.17, 15) is 14.3 Å². The number of carbonyl (C=O) groups is 1. The van der Waals surface area contributed by atoms with Gasteiger partial charge in [-0.2, -0.15) is 0 Å². The zero-order valence-corrected chi connectivity index (χ0v) is 35.8. The van der Waals surface area contributed by atoms with Crippen LogP contribution in [-0.2, 0) is 27.9 Å². The third-order valence-electron chi connectivity index (χ3n) is 8.96. The van der Waals surface area contributed by atoms with Crippen LogP contribution in [0.1, 0.15) is 174 Å². The van der Waals surface area contributed by atoms with Gasteiger partial charge in [0.15, 0.2) is 6.10 Å². The normalized spacial score (nSPS) is 14.2. The zero-order valence-electron chi connectivity index (χ0n) is 35.0. The number of allylic oxidation sites excluding steroid dienone is 7. The Morgan fingerprint density at radius 1 is 0.623 bits per heavy atom. The summed E-state index contributed by atoms with van der Waals surface area (Å²) in [5.74, 6) is -0.374. The van der Waals surface area contributed by atoms with Gasteiger partial charge in [-0.05, 0) is 57.4 Å². The molecule has 53 heavy (non-hydrogen) atoms. The third-order valence-corrected chi connectivity index (χ3v) is 9.92. The number of esters is 1. The molecule has 0 aliphatic carbocycles. The first-order chi connectivity index (χ1) is 25.6. The minimum atomic E-state index is -4.54. The largest absolute Gasteiger partial charge is 0.756 e. The fourth-order valence-corrected chi connectivity index (χ4v) is 6.37. The van der Waals surface area contributed by atoms with Crippen LogP contribution in [0.15, 0.2) is 48.8 Å². The van der Waals surface area contributed by atoms with Gasteiger partial charge in [0.1, 0.15) is 19.8 Å². The molecule has 0 fully saturated rings. The molecule has 0 amide bonds. The van der Waals surface area contributed by atoms with Gasteiger partial charge in [-0.15, -0.1) is 0 Å². The summed E-state index contributed by atoms with van der Waals surface area (Å²) in [5.41, 5.74) is 0. The predicted molar refractivity (Wildman–Crippen MR) is 222 cm³/mol. The molecule has 0 aromatic heterocycles. The SMILES string of the molecule is CC/C=C\C/C=C\C/C=C\CCCCCCCC(=O)OC(CO/C=C\CCCCCCCCCCCCCCCC)COP(=O)([O-])OCC[N+](C)(C)C. The minimum Gasteiger partial charge on any atom is -0.756 e. The van der Waals surface area contributed by atoms with Gasteiger partial charge in [0.05, 0.1) is 34.0 Å². The minimum absolute atomic E-state index is 0.0120. The Bertz CT molecular complexity index is 989. The molecule has 0 spiro atoms. The second kappa shape index (κ2) is 37.2. The van der Waals surface area contributed by atoms with Crippen molar-refractivity contribution in [1.29, 1.82) is 0 Å². The molecule has 310 valence electrons. The molecule has 0 radical (unpaired) electrons. The Balaban J connectivity index is 4.33. The molecule has 9 heteroatoms. The highest BCUT2D eigenvalue weighted by atomic mass is 31.2. The molecule has 2 atom stereocenters. The molecule has 8 nitrogen and oxygen atoms in total. The topological polar surface area (TPSA) is 94.1 Å². The molecule has 0 aliphatic rings. The number of phosphoric ester groups is 1. The second-order valence-electron chi connectivity index (χ2n) is 15.4. The van der Waals surface area contributed by atoms with Crippen LogP contribution in [0.5, 0.6) is 0 Å². The van der Waals surface area contributed by atoms with Crippen LogP contribution >= 0.6 is 7.82 Å². The predicted octanol–water partition coefficient (Wildman–Crippen LogP) is 12.1. The lowest BCUT2D eigenvalue weighted by Gasteiger charge is -2.28. The summed E-state index contributed by atoms with van der Waals surface area (Å²) < 4.78 is 34.3. The van der Waals surface area contributed by atoms with E-state index >= 15 is 0 Å².